The van der Waals surface area contributed by atoms with E-state index in [1.54, 1.807) is 0 Å². The highest BCUT2D eigenvalue weighted by Gasteiger charge is 2.24. The zero-order chi connectivity index (χ0) is 13.7. The number of carbonyl (C=O) groups is 1. The summed E-state index contributed by atoms with van der Waals surface area (Å²) in [5.41, 5.74) is 7.05. The lowest BCUT2D eigenvalue weighted by Crippen LogP contribution is -2.37. The largest absolute Gasteiger partial charge is 0.461 e. The standard InChI is InChI=1S/C15H23NO3/c1-11-7-13(8-12-5-3-2-4-6-12)9-18-10-14(16)15(17)19-11/h3,5-6,11,13-14H,2,4,7-10,16H2,1H3/t11?,13?,14-/m0/s1. The van der Waals surface area contributed by atoms with Crippen molar-refractivity contribution in [3.8, 4) is 0 Å². The van der Waals surface area contributed by atoms with Crippen LogP contribution in [0.5, 0.6) is 0 Å². The van der Waals surface area contributed by atoms with Crippen LogP contribution < -0.4 is 5.73 Å². The van der Waals surface area contributed by atoms with Gasteiger partial charge in [-0.05, 0) is 38.5 Å². The highest BCUT2D eigenvalue weighted by atomic mass is 16.5. The van der Waals surface area contributed by atoms with Crippen molar-refractivity contribution in [1.29, 1.82) is 0 Å². The van der Waals surface area contributed by atoms with Crippen molar-refractivity contribution < 1.29 is 14.3 Å². The SMILES string of the molecule is CC1CC(CC2=CCCC=C2)COC[C@H](N)C(=O)O1. The van der Waals surface area contributed by atoms with Crippen LogP contribution in [0.25, 0.3) is 0 Å². The smallest absolute Gasteiger partial charge is 0.325 e. The summed E-state index contributed by atoms with van der Waals surface area (Å²) in [5, 5.41) is 0. The van der Waals surface area contributed by atoms with E-state index in [0.29, 0.717) is 12.5 Å². The average Bonchev–Trinajstić information content (AvgIpc) is 2.43. The first-order valence-corrected chi connectivity index (χ1v) is 7.04. The molecule has 4 nitrogen and oxygen atoms in total. The van der Waals surface area contributed by atoms with Crippen LogP contribution in [-0.2, 0) is 14.3 Å². The fraction of sp³-hybridized carbons (Fsp3) is 0.667. The molecule has 0 saturated carbocycles. The van der Waals surface area contributed by atoms with Crippen molar-refractivity contribution in [2.75, 3.05) is 13.2 Å². The molecule has 1 heterocycles. The Morgan fingerprint density at radius 3 is 2.95 bits per heavy atom. The molecule has 4 heteroatoms. The molecular weight excluding hydrogens is 242 g/mol. The molecule has 0 aromatic carbocycles. The van der Waals surface area contributed by atoms with Crippen LogP contribution in [0.4, 0.5) is 0 Å². The number of carbonyl (C=O) groups excluding carboxylic acids is 1. The van der Waals surface area contributed by atoms with Gasteiger partial charge >= 0.3 is 5.97 Å². The molecule has 2 rings (SSSR count). The van der Waals surface area contributed by atoms with Crippen molar-refractivity contribution in [2.45, 2.75) is 44.8 Å². The van der Waals surface area contributed by atoms with Gasteiger partial charge in [0.1, 0.15) is 6.04 Å². The molecule has 3 atom stereocenters. The molecule has 2 aliphatic rings. The minimum atomic E-state index is -0.657. The molecule has 106 valence electrons. The Morgan fingerprint density at radius 2 is 2.21 bits per heavy atom. The van der Waals surface area contributed by atoms with Gasteiger partial charge in [-0.3, -0.25) is 4.79 Å². The van der Waals surface area contributed by atoms with E-state index >= 15 is 0 Å². The van der Waals surface area contributed by atoms with Crippen molar-refractivity contribution in [3.05, 3.63) is 23.8 Å². The Kier molecular flexibility index (Phi) is 5.16. The predicted octanol–water partition coefficient (Wildman–Crippen LogP) is 1.95. The van der Waals surface area contributed by atoms with Crippen molar-refractivity contribution in [2.24, 2.45) is 11.7 Å². The second kappa shape index (κ2) is 6.87. The maximum Gasteiger partial charge on any atom is 0.325 e. The van der Waals surface area contributed by atoms with E-state index < -0.39 is 6.04 Å². The summed E-state index contributed by atoms with van der Waals surface area (Å²) in [6, 6.07) is -0.657. The Morgan fingerprint density at radius 1 is 1.37 bits per heavy atom. The van der Waals surface area contributed by atoms with E-state index in [4.69, 9.17) is 15.2 Å². The quantitative estimate of drug-likeness (QED) is 0.775. The normalized spacial score (nSPS) is 32.8. The van der Waals surface area contributed by atoms with Gasteiger partial charge in [-0.2, -0.15) is 0 Å². The maximum atomic E-state index is 11.6. The highest BCUT2D eigenvalue weighted by Crippen LogP contribution is 2.23. The molecule has 0 amide bonds. The lowest BCUT2D eigenvalue weighted by molar-refractivity contribution is -0.150. The first-order chi connectivity index (χ1) is 9.15. The first-order valence-electron chi connectivity index (χ1n) is 7.04. The number of allylic oxidation sites excluding steroid dienone is 4. The fourth-order valence-electron chi connectivity index (χ4n) is 2.60. The summed E-state index contributed by atoms with van der Waals surface area (Å²) in [5.74, 6) is 0.0204. The minimum absolute atomic E-state index is 0.0987. The van der Waals surface area contributed by atoms with E-state index in [9.17, 15) is 4.79 Å². The van der Waals surface area contributed by atoms with Crippen molar-refractivity contribution >= 4 is 5.97 Å². The van der Waals surface area contributed by atoms with Gasteiger partial charge in [0, 0.05) is 6.61 Å². The molecular formula is C15H23NO3. The van der Waals surface area contributed by atoms with Gasteiger partial charge in [0.25, 0.3) is 0 Å². The summed E-state index contributed by atoms with van der Waals surface area (Å²) in [6.45, 7) is 2.81. The zero-order valence-corrected chi connectivity index (χ0v) is 11.5. The molecule has 19 heavy (non-hydrogen) atoms. The van der Waals surface area contributed by atoms with E-state index in [1.807, 2.05) is 6.92 Å². The third kappa shape index (κ3) is 4.48. The van der Waals surface area contributed by atoms with Crippen LogP contribution in [0.15, 0.2) is 23.8 Å². The number of hydrogen-bond donors (Lipinski definition) is 1. The third-order valence-electron chi connectivity index (χ3n) is 3.53. The second-order valence-corrected chi connectivity index (χ2v) is 5.46. The Hall–Kier alpha value is -1.13. The van der Waals surface area contributed by atoms with Gasteiger partial charge in [0.2, 0.25) is 0 Å². The van der Waals surface area contributed by atoms with Crippen LogP contribution in [0.2, 0.25) is 0 Å². The summed E-state index contributed by atoms with van der Waals surface area (Å²) in [4.78, 5) is 11.6. The lowest BCUT2D eigenvalue weighted by Gasteiger charge is -2.20. The second-order valence-electron chi connectivity index (χ2n) is 5.46. The average molecular weight is 265 g/mol. The minimum Gasteiger partial charge on any atom is -0.461 e. The fourth-order valence-corrected chi connectivity index (χ4v) is 2.60. The van der Waals surface area contributed by atoms with E-state index in [-0.39, 0.29) is 18.7 Å². The Bertz CT molecular complexity index is 376. The molecule has 1 fully saturated rings. The summed E-state index contributed by atoms with van der Waals surface area (Å²) >= 11 is 0. The van der Waals surface area contributed by atoms with Crippen LogP contribution >= 0.6 is 0 Å². The van der Waals surface area contributed by atoms with Gasteiger partial charge in [-0.25, -0.2) is 0 Å². The number of hydrogen-bond acceptors (Lipinski definition) is 4. The van der Waals surface area contributed by atoms with Gasteiger partial charge in [-0.15, -0.1) is 0 Å². The van der Waals surface area contributed by atoms with Gasteiger partial charge in [0.05, 0.1) is 12.7 Å². The molecule has 0 radical (unpaired) electrons. The van der Waals surface area contributed by atoms with Gasteiger partial charge in [0.15, 0.2) is 0 Å². The molecule has 0 spiro atoms. The monoisotopic (exact) mass is 265 g/mol. The zero-order valence-electron chi connectivity index (χ0n) is 11.5. The van der Waals surface area contributed by atoms with Gasteiger partial charge < -0.3 is 15.2 Å². The van der Waals surface area contributed by atoms with E-state index in [1.165, 1.54) is 5.57 Å². The number of ether oxygens (including phenoxy) is 2. The lowest BCUT2D eigenvalue weighted by atomic mass is 9.92. The van der Waals surface area contributed by atoms with E-state index in [0.717, 1.165) is 25.7 Å². The van der Waals surface area contributed by atoms with Crippen LogP contribution in [0.3, 0.4) is 0 Å². The third-order valence-corrected chi connectivity index (χ3v) is 3.53. The molecule has 2 unspecified atom stereocenters. The van der Waals surface area contributed by atoms with E-state index in [2.05, 4.69) is 18.2 Å². The summed E-state index contributed by atoms with van der Waals surface area (Å²) in [6.07, 6.45) is 10.6. The van der Waals surface area contributed by atoms with Crippen LogP contribution in [0.1, 0.15) is 32.6 Å². The summed E-state index contributed by atoms with van der Waals surface area (Å²) in [7, 11) is 0. The molecule has 2 N–H and O–H groups in total. The molecule has 0 bridgehead atoms. The summed E-state index contributed by atoms with van der Waals surface area (Å²) < 4.78 is 10.9. The predicted molar refractivity (Wildman–Crippen MR) is 73.5 cm³/mol. The molecule has 1 aliphatic heterocycles. The number of nitrogens with two attached hydrogens (primary N) is 1. The number of rotatable bonds is 2. The topological polar surface area (TPSA) is 61.5 Å². The molecule has 1 saturated heterocycles. The highest BCUT2D eigenvalue weighted by molar-refractivity contribution is 5.75. The first kappa shape index (κ1) is 14.3. The molecule has 0 aromatic rings. The number of esters is 1. The molecule has 0 aromatic heterocycles. The number of cyclic esters (lactones) is 1. The molecule has 1 aliphatic carbocycles. The maximum absolute atomic E-state index is 11.6. The van der Waals surface area contributed by atoms with Crippen LogP contribution in [-0.4, -0.2) is 31.3 Å². The Labute approximate surface area is 114 Å². The van der Waals surface area contributed by atoms with Gasteiger partial charge in [-0.1, -0.05) is 23.8 Å². The Balaban J connectivity index is 1.94. The van der Waals surface area contributed by atoms with Crippen molar-refractivity contribution in [1.82, 2.24) is 0 Å². The van der Waals surface area contributed by atoms with Crippen LogP contribution in [0, 0.1) is 5.92 Å². The van der Waals surface area contributed by atoms with Crippen molar-refractivity contribution in [3.63, 3.8) is 0 Å².